The lowest BCUT2D eigenvalue weighted by Crippen LogP contribution is -2.60. The van der Waals surface area contributed by atoms with Gasteiger partial charge in [-0.05, 0) is 0 Å². The van der Waals surface area contributed by atoms with Gasteiger partial charge in [0.15, 0.2) is 6.29 Å². The Balaban J connectivity index is 2.13. The van der Waals surface area contributed by atoms with Crippen molar-refractivity contribution in [2.45, 2.75) is 54.8 Å². The summed E-state index contributed by atoms with van der Waals surface area (Å²) in [5.74, 6) is -2.37. The van der Waals surface area contributed by atoms with E-state index in [0.717, 1.165) is 0 Å². The normalized spacial score (nSPS) is 51.1. The van der Waals surface area contributed by atoms with Crippen LogP contribution in [0.15, 0.2) is 0 Å². The summed E-state index contributed by atoms with van der Waals surface area (Å²) in [6.07, 6.45) is -12.2. The van der Waals surface area contributed by atoms with Crippen molar-refractivity contribution in [2.24, 2.45) is 0 Å². The molecule has 0 amide bonds. The van der Waals surface area contributed by atoms with Crippen molar-refractivity contribution in [2.75, 3.05) is 19.8 Å². The lowest BCUT2D eigenvalue weighted by Gasteiger charge is -2.41. The molecule has 0 radical (unpaired) electrons. The van der Waals surface area contributed by atoms with Crippen molar-refractivity contribution in [3.63, 3.8) is 0 Å². The van der Waals surface area contributed by atoms with Crippen LogP contribution >= 0.6 is 0 Å². The second kappa shape index (κ2) is 7.21. The van der Waals surface area contributed by atoms with Crippen LogP contribution in [-0.2, 0) is 14.2 Å². The van der Waals surface area contributed by atoms with Gasteiger partial charge in [-0.2, -0.15) is 0 Å². The molecule has 8 N–H and O–H groups in total. The third-order valence-corrected chi connectivity index (χ3v) is 4.04. The summed E-state index contributed by atoms with van der Waals surface area (Å²) in [6, 6.07) is 0. The Kier molecular flexibility index (Phi) is 5.92. The molecule has 0 bridgehead atoms. The van der Waals surface area contributed by atoms with Gasteiger partial charge in [0.2, 0.25) is 5.79 Å². The third kappa shape index (κ3) is 3.36. The summed E-state index contributed by atoms with van der Waals surface area (Å²) in [7, 11) is 0. The molecule has 136 valence electrons. The Bertz CT molecular complexity index is 393. The van der Waals surface area contributed by atoms with E-state index in [9.17, 15) is 30.6 Å². The van der Waals surface area contributed by atoms with E-state index in [2.05, 4.69) is 0 Å². The molecule has 0 aliphatic carbocycles. The SMILES string of the molecule is OC[C@H]1O[C@@H](O[C@H]2[C@@H](O)[C@@](O)(CO)O[C@@H]2CO)[C@H](O)[C@@H](O)[C@@H]1O. The molecule has 2 rings (SSSR count). The first-order valence-corrected chi connectivity index (χ1v) is 7.05. The van der Waals surface area contributed by atoms with Gasteiger partial charge in [0.1, 0.15) is 42.7 Å². The first kappa shape index (κ1) is 18.9. The fraction of sp³-hybridized carbons (Fsp3) is 1.00. The molecule has 2 aliphatic heterocycles. The second-order valence-corrected chi connectivity index (χ2v) is 5.58. The molecule has 2 aliphatic rings. The molecule has 11 nitrogen and oxygen atoms in total. The van der Waals surface area contributed by atoms with Gasteiger partial charge < -0.3 is 55.1 Å². The maximum atomic E-state index is 10.00. The van der Waals surface area contributed by atoms with E-state index in [1.165, 1.54) is 0 Å². The molecule has 0 unspecified atom stereocenters. The Morgan fingerprint density at radius 1 is 0.870 bits per heavy atom. The number of hydrogen-bond acceptors (Lipinski definition) is 11. The first-order valence-electron chi connectivity index (χ1n) is 7.05. The van der Waals surface area contributed by atoms with Crippen molar-refractivity contribution in [3.8, 4) is 0 Å². The van der Waals surface area contributed by atoms with Crippen molar-refractivity contribution >= 4 is 0 Å². The first-order chi connectivity index (χ1) is 10.8. The Morgan fingerprint density at radius 2 is 1.48 bits per heavy atom. The van der Waals surface area contributed by atoms with Gasteiger partial charge in [0, 0.05) is 0 Å². The van der Waals surface area contributed by atoms with Crippen LogP contribution in [0.2, 0.25) is 0 Å². The number of ether oxygens (including phenoxy) is 3. The number of aliphatic hydroxyl groups is 8. The smallest absolute Gasteiger partial charge is 0.219 e. The topological polar surface area (TPSA) is 190 Å². The van der Waals surface area contributed by atoms with Gasteiger partial charge in [-0.1, -0.05) is 0 Å². The van der Waals surface area contributed by atoms with Crippen molar-refractivity contribution < 1.29 is 55.1 Å². The molecule has 9 atom stereocenters. The van der Waals surface area contributed by atoms with Gasteiger partial charge in [-0.3, -0.25) is 0 Å². The minimum Gasteiger partial charge on any atom is -0.394 e. The summed E-state index contributed by atoms with van der Waals surface area (Å²) < 4.78 is 15.3. The summed E-state index contributed by atoms with van der Waals surface area (Å²) in [4.78, 5) is 0. The summed E-state index contributed by atoms with van der Waals surface area (Å²) in [5.41, 5.74) is 0. The van der Waals surface area contributed by atoms with E-state index in [1.54, 1.807) is 0 Å². The van der Waals surface area contributed by atoms with E-state index in [-0.39, 0.29) is 0 Å². The Hall–Kier alpha value is -0.440. The number of hydrogen-bond donors (Lipinski definition) is 8. The highest BCUT2D eigenvalue weighted by Gasteiger charge is 2.56. The molecule has 11 heteroatoms. The summed E-state index contributed by atoms with van der Waals surface area (Å²) in [6.45, 7) is -2.32. The van der Waals surface area contributed by atoms with Crippen LogP contribution in [0.4, 0.5) is 0 Å². The van der Waals surface area contributed by atoms with Crippen molar-refractivity contribution in [1.29, 1.82) is 0 Å². The monoisotopic (exact) mass is 342 g/mol. The van der Waals surface area contributed by atoms with E-state index in [4.69, 9.17) is 24.4 Å². The predicted octanol–water partition coefficient (Wildman–Crippen LogP) is -5.40. The van der Waals surface area contributed by atoms with Crippen LogP contribution in [-0.4, -0.2) is 115 Å². The molecular weight excluding hydrogens is 320 g/mol. The van der Waals surface area contributed by atoms with E-state index in [0.29, 0.717) is 0 Å². The molecular formula is C12H22O11. The fourth-order valence-corrected chi connectivity index (χ4v) is 2.63. The van der Waals surface area contributed by atoms with Gasteiger partial charge in [0.05, 0.1) is 19.8 Å². The quantitative estimate of drug-likeness (QED) is 0.238. The second-order valence-electron chi connectivity index (χ2n) is 5.58. The van der Waals surface area contributed by atoms with Gasteiger partial charge in [0.25, 0.3) is 0 Å². The average molecular weight is 342 g/mol. The molecule has 2 saturated heterocycles. The standard InChI is InChI=1S/C12H22O11/c13-1-4-6(16)7(17)8(18)11(21-4)22-9-5(2-14)23-12(20,3-15)10(9)19/h4-11,13-20H,1-3H2/t4-,5-,6-,7+,8-,9-,10-,11+,12-/m1/s1. The lowest BCUT2D eigenvalue weighted by molar-refractivity contribution is -0.318. The molecule has 23 heavy (non-hydrogen) atoms. The van der Waals surface area contributed by atoms with Crippen molar-refractivity contribution in [1.82, 2.24) is 0 Å². The summed E-state index contributed by atoms with van der Waals surface area (Å²) in [5, 5.41) is 76.5. The highest BCUT2D eigenvalue weighted by Crippen LogP contribution is 2.33. The Labute approximate surface area is 130 Å². The fourth-order valence-electron chi connectivity index (χ4n) is 2.63. The van der Waals surface area contributed by atoms with Crippen molar-refractivity contribution in [3.05, 3.63) is 0 Å². The van der Waals surface area contributed by atoms with Gasteiger partial charge in [-0.15, -0.1) is 0 Å². The third-order valence-electron chi connectivity index (χ3n) is 4.04. The zero-order valence-corrected chi connectivity index (χ0v) is 12.0. The van der Waals surface area contributed by atoms with E-state index < -0.39 is 74.6 Å². The van der Waals surface area contributed by atoms with Gasteiger partial charge in [-0.25, -0.2) is 0 Å². The lowest BCUT2D eigenvalue weighted by atomic mass is 9.99. The summed E-state index contributed by atoms with van der Waals surface area (Å²) >= 11 is 0. The zero-order valence-electron chi connectivity index (χ0n) is 12.0. The zero-order chi connectivity index (χ0) is 17.4. The van der Waals surface area contributed by atoms with Crippen LogP contribution < -0.4 is 0 Å². The van der Waals surface area contributed by atoms with Crippen LogP contribution in [0.1, 0.15) is 0 Å². The van der Waals surface area contributed by atoms with Crippen LogP contribution in [0, 0.1) is 0 Å². The number of rotatable bonds is 5. The van der Waals surface area contributed by atoms with Crippen LogP contribution in [0.5, 0.6) is 0 Å². The largest absolute Gasteiger partial charge is 0.394 e. The highest BCUT2D eigenvalue weighted by atomic mass is 16.7. The molecule has 0 saturated carbocycles. The molecule has 0 spiro atoms. The highest BCUT2D eigenvalue weighted by molar-refractivity contribution is 4.98. The minimum atomic E-state index is -2.37. The minimum absolute atomic E-state index is 0.668. The average Bonchev–Trinajstić information content (AvgIpc) is 2.80. The maximum Gasteiger partial charge on any atom is 0.219 e. The molecule has 0 aromatic heterocycles. The maximum absolute atomic E-state index is 10.00. The molecule has 2 fully saturated rings. The van der Waals surface area contributed by atoms with Crippen LogP contribution in [0.25, 0.3) is 0 Å². The molecule has 0 aromatic rings. The molecule has 2 heterocycles. The van der Waals surface area contributed by atoms with Crippen LogP contribution in [0.3, 0.4) is 0 Å². The van der Waals surface area contributed by atoms with E-state index >= 15 is 0 Å². The van der Waals surface area contributed by atoms with Gasteiger partial charge >= 0.3 is 0 Å². The predicted molar refractivity (Wildman–Crippen MR) is 68.6 cm³/mol. The van der Waals surface area contributed by atoms with E-state index in [1.807, 2.05) is 0 Å². The number of aliphatic hydroxyl groups excluding tert-OH is 7. The molecule has 0 aromatic carbocycles. The Morgan fingerprint density at radius 3 is 2.00 bits per heavy atom.